The summed E-state index contributed by atoms with van der Waals surface area (Å²) in [6.45, 7) is 10.1. The Kier molecular flexibility index (Phi) is 6.06. The summed E-state index contributed by atoms with van der Waals surface area (Å²) in [5.74, 6) is -0.637. The van der Waals surface area contributed by atoms with Crippen LogP contribution in [0.4, 0.5) is 0 Å². The lowest BCUT2D eigenvalue weighted by molar-refractivity contribution is -0.143. The number of benzene rings is 1. The van der Waals surface area contributed by atoms with Gasteiger partial charge in [-0.15, -0.1) is 0 Å². The fourth-order valence-corrected chi connectivity index (χ4v) is 3.42. The van der Waals surface area contributed by atoms with Crippen LogP contribution in [-0.4, -0.2) is 30.9 Å². The van der Waals surface area contributed by atoms with E-state index in [2.05, 4.69) is 15.9 Å². The molecule has 1 aliphatic heterocycles. The van der Waals surface area contributed by atoms with E-state index >= 15 is 0 Å². The highest BCUT2D eigenvalue weighted by Crippen LogP contribution is 2.43. The standard InChI is InChI=1S/C17H23BBrClO4/c1-6-22-15(21)10-13(12-8-7-11(19)9-14(12)20)18-23-16(2,3)17(4,5)24-18/h7-9,13H,6,10H2,1-5H3. The number of carbonyl (C=O) groups excluding carboxylic acids is 1. The number of esters is 1. The molecule has 0 amide bonds. The molecule has 1 aromatic rings. The molecule has 1 aliphatic rings. The lowest BCUT2D eigenvalue weighted by Crippen LogP contribution is -2.41. The fourth-order valence-electron chi connectivity index (χ4n) is 2.61. The average molecular weight is 418 g/mol. The van der Waals surface area contributed by atoms with Crippen molar-refractivity contribution in [2.45, 2.75) is 58.1 Å². The van der Waals surface area contributed by atoms with Crippen LogP contribution in [0.1, 0.15) is 52.4 Å². The summed E-state index contributed by atoms with van der Waals surface area (Å²) in [7, 11) is -0.571. The smallest absolute Gasteiger partial charge is 0.466 e. The van der Waals surface area contributed by atoms with Crippen LogP contribution in [0.15, 0.2) is 22.7 Å². The van der Waals surface area contributed by atoms with Gasteiger partial charge in [0.1, 0.15) is 0 Å². The molecule has 0 bridgehead atoms. The van der Waals surface area contributed by atoms with Gasteiger partial charge in [-0.2, -0.15) is 0 Å². The van der Waals surface area contributed by atoms with E-state index in [1.807, 2.05) is 39.8 Å². The molecule has 1 saturated heterocycles. The molecule has 1 atom stereocenters. The maximum atomic E-state index is 12.1. The first-order valence-corrected chi connectivity index (χ1v) is 9.20. The summed E-state index contributed by atoms with van der Waals surface area (Å²) in [6, 6.07) is 5.59. The Labute approximate surface area is 157 Å². The van der Waals surface area contributed by atoms with Gasteiger partial charge in [0.25, 0.3) is 0 Å². The van der Waals surface area contributed by atoms with Crippen molar-refractivity contribution in [1.29, 1.82) is 0 Å². The first kappa shape index (κ1) is 19.8. The van der Waals surface area contributed by atoms with E-state index in [0.29, 0.717) is 11.6 Å². The highest BCUT2D eigenvalue weighted by molar-refractivity contribution is 9.10. The molecule has 0 saturated carbocycles. The zero-order valence-electron chi connectivity index (χ0n) is 14.7. The topological polar surface area (TPSA) is 44.8 Å². The van der Waals surface area contributed by atoms with Crippen LogP contribution in [0.3, 0.4) is 0 Å². The summed E-state index contributed by atoms with van der Waals surface area (Å²) >= 11 is 9.81. The molecule has 1 aromatic carbocycles. The molecule has 1 heterocycles. The third-order valence-corrected chi connectivity index (χ3v) is 5.47. The highest BCUT2D eigenvalue weighted by atomic mass is 79.9. The molecule has 132 valence electrons. The number of ether oxygens (including phenoxy) is 1. The maximum absolute atomic E-state index is 12.1. The van der Waals surface area contributed by atoms with Crippen LogP contribution in [0, 0.1) is 0 Å². The van der Waals surface area contributed by atoms with Crippen LogP contribution in [0.5, 0.6) is 0 Å². The Morgan fingerprint density at radius 1 is 1.29 bits per heavy atom. The molecular formula is C17H23BBrClO4. The van der Waals surface area contributed by atoms with Crippen molar-refractivity contribution in [1.82, 2.24) is 0 Å². The molecular weight excluding hydrogens is 394 g/mol. The molecule has 0 N–H and O–H groups in total. The largest absolute Gasteiger partial charge is 0.466 e. The summed E-state index contributed by atoms with van der Waals surface area (Å²) in [6.07, 6.45) is 0.145. The maximum Gasteiger partial charge on any atom is 0.466 e. The van der Waals surface area contributed by atoms with Gasteiger partial charge in [-0.25, -0.2) is 0 Å². The Morgan fingerprint density at radius 2 is 1.88 bits per heavy atom. The fraction of sp³-hybridized carbons (Fsp3) is 0.588. The Morgan fingerprint density at radius 3 is 2.38 bits per heavy atom. The predicted molar refractivity (Wildman–Crippen MR) is 99.2 cm³/mol. The number of rotatable bonds is 5. The van der Waals surface area contributed by atoms with E-state index in [1.54, 1.807) is 13.0 Å². The first-order chi connectivity index (χ1) is 11.1. The van der Waals surface area contributed by atoms with Crippen molar-refractivity contribution in [3.63, 3.8) is 0 Å². The van der Waals surface area contributed by atoms with Crippen LogP contribution in [0.25, 0.3) is 0 Å². The summed E-state index contributed by atoms with van der Waals surface area (Å²) in [4.78, 5) is 12.1. The average Bonchev–Trinajstić information content (AvgIpc) is 2.65. The monoisotopic (exact) mass is 416 g/mol. The van der Waals surface area contributed by atoms with E-state index in [4.69, 9.17) is 25.6 Å². The second kappa shape index (κ2) is 7.36. The third kappa shape index (κ3) is 4.16. The minimum absolute atomic E-state index is 0.145. The number of hydrogen-bond donors (Lipinski definition) is 0. The normalized spacial score (nSPS) is 20.0. The minimum atomic E-state index is -0.571. The SMILES string of the molecule is CCOC(=O)CC(B1OC(C)(C)C(C)(C)O1)c1ccc(Br)cc1Cl. The lowest BCUT2D eigenvalue weighted by atomic mass is 9.66. The Balaban J connectivity index is 2.35. The molecule has 24 heavy (non-hydrogen) atoms. The zero-order valence-corrected chi connectivity index (χ0v) is 17.0. The van der Waals surface area contributed by atoms with Gasteiger partial charge in [0, 0.05) is 15.3 Å². The van der Waals surface area contributed by atoms with Crippen molar-refractivity contribution < 1.29 is 18.8 Å². The molecule has 0 aliphatic carbocycles. The van der Waals surface area contributed by atoms with Crippen molar-refractivity contribution in [2.75, 3.05) is 6.61 Å². The van der Waals surface area contributed by atoms with Crippen molar-refractivity contribution in [2.24, 2.45) is 0 Å². The van der Waals surface area contributed by atoms with Crippen LogP contribution < -0.4 is 0 Å². The van der Waals surface area contributed by atoms with Gasteiger partial charge in [0.05, 0.1) is 24.2 Å². The number of hydrogen-bond acceptors (Lipinski definition) is 4. The van der Waals surface area contributed by atoms with Crippen molar-refractivity contribution >= 4 is 40.6 Å². The quantitative estimate of drug-likeness (QED) is 0.511. The predicted octanol–water partition coefficient (Wildman–Crippen LogP) is 4.77. The van der Waals surface area contributed by atoms with E-state index in [9.17, 15) is 4.79 Å². The third-order valence-electron chi connectivity index (χ3n) is 4.65. The summed E-state index contributed by atoms with van der Waals surface area (Å²) in [5, 5.41) is 0.563. The number of halogens is 2. The zero-order chi connectivity index (χ0) is 18.1. The van der Waals surface area contributed by atoms with E-state index < -0.39 is 18.3 Å². The van der Waals surface area contributed by atoms with Crippen molar-refractivity contribution in [3.8, 4) is 0 Å². The van der Waals surface area contributed by atoms with Crippen LogP contribution in [0.2, 0.25) is 5.02 Å². The molecule has 0 aromatic heterocycles. The van der Waals surface area contributed by atoms with Gasteiger partial charge in [0.15, 0.2) is 0 Å². The summed E-state index contributed by atoms with van der Waals surface area (Å²) < 4.78 is 18.3. The molecule has 0 radical (unpaired) electrons. The Hall–Kier alpha value is -0.555. The van der Waals surface area contributed by atoms with Gasteiger partial charge < -0.3 is 14.0 Å². The number of carbonyl (C=O) groups is 1. The van der Waals surface area contributed by atoms with Gasteiger partial charge in [0.2, 0.25) is 0 Å². The van der Waals surface area contributed by atoms with E-state index in [1.165, 1.54) is 0 Å². The van der Waals surface area contributed by atoms with E-state index in [-0.39, 0.29) is 18.2 Å². The molecule has 7 heteroatoms. The molecule has 2 rings (SSSR count). The van der Waals surface area contributed by atoms with Gasteiger partial charge in [-0.05, 0) is 52.3 Å². The molecule has 1 unspecified atom stereocenters. The summed E-state index contributed by atoms with van der Waals surface area (Å²) in [5.41, 5.74) is -0.148. The second-order valence-electron chi connectivity index (χ2n) is 6.91. The second-order valence-corrected chi connectivity index (χ2v) is 8.23. The van der Waals surface area contributed by atoms with Gasteiger partial charge >= 0.3 is 13.1 Å². The lowest BCUT2D eigenvalue weighted by Gasteiger charge is -2.32. The van der Waals surface area contributed by atoms with Gasteiger partial charge in [-0.1, -0.05) is 33.6 Å². The van der Waals surface area contributed by atoms with Crippen molar-refractivity contribution in [3.05, 3.63) is 33.3 Å². The highest BCUT2D eigenvalue weighted by Gasteiger charge is 2.54. The first-order valence-electron chi connectivity index (χ1n) is 8.03. The van der Waals surface area contributed by atoms with Gasteiger partial charge in [-0.3, -0.25) is 4.79 Å². The van der Waals surface area contributed by atoms with Crippen LogP contribution >= 0.6 is 27.5 Å². The Bertz CT molecular complexity index is 605. The molecule has 4 nitrogen and oxygen atoms in total. The minimum Gasteiger partial charge on any atom is -0.466 e. The van der Waals surface area contributed by atoms with E-state index in [0.717, 1.165) is 10.0 Å². The molecule has 0 spiro atoms. The van der Waals surface area contributed by atoms with Crippen LogP contribution in [-0.2, 0) is 18.8 Å². The molecule has 1 fully saturated rings.